The summed E-state index contributed by atoms with van der Waals surface area (Å²) in [6.45, 7) is 14.1. The smallest absolute Gasteiger partial charge is 0.506 e. The van der Waals surface area contributed by atoms with Crippen LogP contribution in [0, 0.1) is 0 Å². The minimum atomic E-state index is -0.498. The quantitative estimate of drug-likeness (QED) is 0.801. The Kier molecular flexibility index (Phi) is 3.42. The molecule has 0 amide bonds. The Morgan fingerprint density at radius 1 is 1.05 bits per heavy atom. The molecule has 1 aromatic rings. The zero-order chi connectivity index (χ0) is 15.3. The number of rotatable bonds is 1. The molecule has 5 heteroatoms. The lowest BCUT2D eigenvalue weighted by Gasteiger charge is -2.32. The number of hydrogen-bond donors (Lipinski definition) is 1. The maximum Gasteiger partial charge on any atom is 0.514 e. The Bertz CT molecular complexity index is 504. The fourth-order valence-electron chi connectivity index (χ4n) is 2.11. The summed E-state index contributed by atoms with van der Waals surface area (Å²) in [4.78, 5) is 4.56. The summed E-state index contributed by atoms with van der Waals surface area (Å²) < 4.78 is 12.0. The standard InChI is InChI=1S/C15H24BNO3/c1-13(2,3)12-10(18)8-9-11(17-12)16-19-14(4,5)15(6,7)20-16/h8-9,18H,1-7H3. The van der Waals surface area contributed by atoms with Crippen molar-refractivity contribution in [2.45, 2.75) is 65.1 Å². The molecule has 1 aromatic heterocycles. The van der Waals surface area contributed by atoms with E-state index in [0.717, 1.165) is 0 Å². The van der Waals surface area contributed by atoms with E-state index in [2.05, 4.69) is 4.98 Å². The van der Waals surface area contributed by atoms with Crippen LogP contribution in [-0.4, -0.2) is 28.4 Å². The molecule has 1 aliphatic rings. The molecule has 110 valence electrons. The van der Waals surface area contributed by atoms with E-state index in [1.54, 1.807) is 12.1 Å². The Labute approximate surface area is 121 Å². The predicted octanol–water partition coefficient (Wildman–Crippen LogP) is 2.38. The van der Waals surface area contributed by atoms with Crippen molar-refractivity contribution in [1.29, 1.82) is 0 Å². The third-order valence-electron chi connectivity index (χ3n) is 4.10. The predicted molar refractivity (Wildman–Crippen MR) is 80.3 cm³/mol. The second-order valence-corrected chi connectivity index (χ2v) is 7.44. The number of pyridine rings is 1. The molecule has 4 nitrogen and oxygen atoms in total. The second-order valence-electron chi connectivity index (χ2n) is 7.44. The highest BCUT2D eigenvalue weighted by Crippen LogP contribution is 2.36. The molecule has 0 aromatic carbocycles. The molecule has 0 saturated carbocycles. The zero-order valence-corrected chi connectivity index (χ0v) is 13.4. The van der Waals surface area contributed by atoms with Crippen LogP contribution < -0.4 is 5.59 Å². The van der Waals surface area contributed by atoms with Gasteiger partial charge >= 0.3 is 7.12 Å². The average Bonchev–Trinajstić information content (AvgIpc) is 2.47. The largest absolute Gasteiger partial charge is 0.514 e. The monoisotopic (exact) mass is 277 g/mol. The Morgan fingerprint density at radius 3 is 2.00 bits per heavy atom. The van der Waals surface area contributed by atoms with Gasteiger partial charge < -0.3 is 14.4 Å². The summed E-state index contributed by atoms with van der Waals surface area (Å²) >= 11 is 0. The molecular weight excluding hydrogens is 253 g/mol. The molecule has 20 heavy (non-hydrogen) atoms. The summed E-state index contributed by atoms with van der Waals surface area (Å²) in [5.41, 5.74) is 0.346. The van der Waals surface area contributed by atoms with Gasteiger partial charge in [0, 0.05) is 5.41 Å². The van der Waals surface area contributed by atoms with Gasteiger partial charge in [-0.15, -0.1) is 0 Å². The molecule has 0 radical (unpaired) electrons. The first-order chi connectivity index (χ1) is 8.94. The lowest BCUT2D eigenvalue weighted by Crippen LogP contribution is -2.41. The van der Waals surface area contributed by atoms with Gasteiger partial charge in [-0.3, -0.25) is 4.98 Å². The normalized spacial score (nSPS) is 21.2. The van der Waals surface area contributed by atoms with Crippen LogP contribution in [0.2, 0.25) is 0 Å². The minimum Gasteiger partial charge on any atom is -0.506 e. The summed E-state index contributed by atoms with van der Waals surface area (Å²) in [6.07, 6.45) is 0. The Balaban J connectivity index is 2.37. The fraction of sp³-hybridized carbons (Fsp3) is 0.667. The van der Waals surface area contributed by atoms with Crippen LogP contribution in [0.25, 0.3) is 0 Å². The molecule has 1 aliphatic heterocycles. The van der Waals surface area contributed by atoms with E-state index in [1.807, 2.05) is 48.5 Å². The number of hydrogen-bond acceptors (Lipinski definition) is 4. The van der Waals surface area contributed by atoms with Crippen LogP contribution in [0.5, 0.6) is 5.75 Å². The van der Waals surface area contributed by atoms with Crippen LogP contribution in [0.3, 0.4) is 0 Å². The molecule has 2 heterocycles. The van der Waals surface area contributed by atoms with E-state index >= 15 is 0 Å². The summed E-state index contributed by atoms with van der Waals surface area (Å²) in [5.74, 6) is 0.206. The highest BCUT2D eigenvalue weighted by molar-refractivity contribution is 6.61. The molecule has 0 unspecified atom stereocenters. The van der Waals surface area contributed by atoms with Gasteiger partial charge in [0.25, 0.3) is 0 Å². The molecule has 1 N–H and O–H groups in total. The van der Waals surface area contributed by atoms with Crippen LogP contribution in [-0.2, 0) is 14.7 Å². The van der Waals surface area contributed by atoms with E-state index < -0.39 is 7.12 Å². The maximum absolute atomic E-state index is 9.97. The van der Waals surface area contributed by atoms with E-state index in [9.17, 15) is 5.11 Å². The number of aromatic nitrogens is 1. The van der Waals surface area contributed by atoms with E-state index in [0.29, 0.717) is 11.3 Å². The highest BCUT2D eigenvalue weighted by atomic mass is 16.7. The third-order valence-corrected chi connectivity index (χ3v) is 4.10. The van der Waals surface area contributed by atoms with Crippen LogP contribution in [0.1, 0.15) is 54.2 Å². The SMILES string of the molecule is CC(C)(C)c1nc(B2OC(C)(C)C(C)(C)O2)ccc1O. The molecular formula is C15H24BNO3. The summed E-state index contributed by atoms with van der Waals surface area (Å²) in [6, 6.07) is 3.42. The van der Waals surface area contributed by atoms with Crippen LogP contribution in [0.4, 0.5) is 0 Å². The highest BCUT2D eigenvalue weighted by Gasteiger charge is 2.52. The van der Waals surface area contributed by atoms with Gasteiger partial charge in [0.2, 0.25) is 0 Å². The van der Waals surface area contributed by atoms with Crippen molar-refractivity contribution >= 4 is 12.7 Å². The number of aromatic hydroxyl groups is 1. The average molecular weight is 277 g/mol. The van der Waals surface area contributed by atoms with E-state index in [4.69, 9.17) is 9.31 Å². The van der Waals surface area contributed by atoms with Gasteiger partial charge in [-0.1, -0.05) is 20.8 Å². The molecule has 1 saturated heterocycles. The van der Waals surface area contributed by atoms with Gasteiger partial charge in [-0.25, -0.2) is 0 Å². The topological polar surface area (TPSA) is 51.6 Å². The van der Waals surface area contributed by atoms with E-state index in [1.165, 1.54) is 0 Å². The van der Waals surface area contributed by atoms with Gasteiger partial charge in [-0.2, -0.15) is 0 Å². The Morgan fingerprint density at radius 2 is 1.55 bits per heavy atom. The Hall–Kier alpha value is -1.07. The molecule has 0 aliphatic carbocycles. The van der Waals surface area contributed by atoms with Gasteiger partial charge in [0.15, 0.2) is 0 Å². The van der Waals surface area contributed by atoms with Crippen LogP contribution in [0.15, 0.2) is 12.1 Å². The number of nitrogens with zero attached hydrogens (tertiary/aromatic N) is 1. The van der Waals surface area contributed by atoms with Gasteiger partial charge in [0.1, 0.15) is 5.75 Å². The van der Waals surface area contributed by atoms with Gasteiger partial charge in [0.05, 0.1) is 22.5 Å². The summed E-state index contributed by atoms with van der Waals surface area (Å²) in [7, 11) is -0.498. The van der Waals surface area contributed by atoms with Gasteiger partial charge in [-0.05, 0) is 39.8 Å². The van der Waals surface area contributed by atoms with Crippen molar-refractivity contribution in [2.24, 2.45) is 0 Å². The molecule has 0 bridgehead atoms. The molecule has 0 atom stereocenters. The van der Waals surface area contributed by atoms with Crippen LogP contribution >= 0.6 is 0 Å². The van der Waals surface area contributed by atoms with Crippen molar-refractivity contribution in [1.82, 2.24) is 4.98 Å². The lowest BCUT2D eigenvalue weighted by atomic mass is 9.82. The summed E-state index contributed by atoms with van der Waals surface area (Å²) in [5, 5.41) is 9.97. The first-order valence-corrected chi connectivity index (χ1v) is 7.00. The first kappa shape index (κ1) is 15.3. The fourth-order valence-corrected chi connectivity index (χ4v) is 2.11. The van der Waals surface area contributed by atoms with Crippen molar-refractivity contribution < 1.29 is 14.4 Å². The molecule has 2 rings (SSSR count). The van der Waals surface area contributed by atoms with Crippen molar-refractivity contribution in [3.05, 3.63) is 17.8 Å². The zero-order valence-electron chi connectivity index (χ0n) is 13.4. The maximum atomic E-state index is 9.97. The molecule has 1 fully saturated rings. The first-order valence-electron chi connectivity index (χ1n) is 7.00. The van der Waals surface area contributed by atoms with E-state index in [-0.39, 0.29) is 22.4 Å². The second kappa shape index (κ2) is 4.47. The minimum absolute atomic E-state index is 0.206. The van der Waals surface area contributed by atoms with Crippen molar-refractivity contribution in [3.8, 4) is 5.75 Å². The third kappa shape index (κ3) is 2.57. The molecule has 0 spiro atoms. The lowest BCUT2D eigenvalue weighted by molar-refractivity contribution is 0.00578. The van der Waals surface area contributed by atoms with Crippen molar-refractivity contribution in [2.75, 3.05) is 0 Å². The van der Waals surface area contributed by atoms with Crippen molar-refractivity contribution in [3.63, 3.8) is 0 Å².